The number of aliphatic carboxylic acids is 1. The molecule has 4 heteroatoms. The summed E-state index contributed by atoms with van der Waals surface area (Å²) in [5.41, 5.74) is -0.541. The van der Waals surface area contributed by atoms with E-state index in [-0.39, 0.29) is 12.3 Å². The quantitative estimate of drug-likeness (QED) is 0.868. The van der Waals surface area contributed by atoms with Crippen LogP contribution in [0.5, 0.6) is 0 Å². The number of hydrogen-bond acceptors (Lipinski definition) is 3. The number of aliphatic hydroxyl groups is 1. The van der Waals surface area contributed by atoms with Gasteiger partial charge in [0.25, 0.3) is 0 Å². The van der Waals surface area contributed by atoms with E-state index in [1.807, 2.05) is 30.3 Å². The lowest BCUT2D eigenvalue weighted by Gasteiger charge is -2.40. The lowest BCUT2D eigenvalue weighted by atomic mass is 9.74. The smallest absolute Gasteiger partial charge is 0.306 e. The summed E-state index contributed by atoms with van der Waals surface area (Å²) in [5.74, 6) is -0.951. The first-order valence-corrected chi connectivity index (χ1v) is 6.70. The number of rotatable bonds is 4. The average molecular weight is 263 g/mol. The van der Waals surface area contributed by atoms with Gasteiger partial charge in [0.05, 0.1) is 6.42 Å². The number of carboxylic acids is 1. The summed E-state index contributed by atoms with van der Waals surface area (Å²) in [5, 5.41) is 20.1. The first-order valence-electron chi connectivity index (χ1n) is 6.70. The molecule has 1 aliphatic rings. The van der Waals surface area contributed by atoms with E-state index < -0.39 is 11.6 Å². The molecule has 0 spiro atoms. The van der Waals surface area contributed by atoms with Gasteiger partial charge in [-0.05, 0) is 44.5 Å². The Morgan fingerprint density at radius 3 is 2.42 bits per heavy atom. The molecule has 19 heavy (non-hydrogen) atoms. The van der Waals surface area contributed by atoms with Crippen molar-refractivity contribution in [2.45, 2.75) is 24.9 Å². The van der Waals surface area contributed by atoms with E-state index in [1.165, 1.54) is 0 Å². The van der Waals surface area contributed by atoms with Gasteiger partial charge in [-0.2, -0.15) is 0 Å². The molecule has 1 aliphatic heterocycles. The number of carboxylic acid groups (broad SMARTS) is 1. The fraction of sp³-hybridized carbons (Fsp3) is 0.533. The Labute approximate surface area is 113 Å². The number of nitrogens with zero attached hydrogens (tertiary/aromatic N) is 1. The van der Waals surface area contributed by atoms with Gasteiger partial charge in [0.15, 0.2) is 0 Å². The van der Waals surface area contributed by atoms with Gasteiger partial charge in [0.2, 0.25) is 0 Å². The molecule has 0 saturated carbocycles. The van der Waals surface area contributed by atoms with E-state index >= 15 is 0 Å². The van der Waals surface area contributed by atoms with Crippen LogP contribution in [-0.2, 0) is 10.4 Å². The largest absolute Gasteiger partial charge is 0.481 e. The molecular formula is C15H21NO3. The van der Waals surface area contributed by atoms with Crippen molar-refractivity contribution < 1.29 is 15.0 Å². The number of hydrogen-bond donors (Lipinski definition) is 2. The predicted molar refractivity (Wildman–Crippen MR) is 72.8 cm³/mol. The second kappa shape index (κ2) is 5.72. The summed E-state index contributed by atoms with van der Waals surface area (Å²) in [6.45, 7) is 1.80. The molecule has 2 N–H and O–H groups in total. The second-order valence-electron chi connectivity index (χ2n) is 5.44. The Hall–Kier alpha value is -1.39. The monoisotopic (exact) mass is 263 g/mol. The summed E-state index contributed by atoms with van der Waals surface area (Å²) in [4.78, 5) is 13.3. The third-order valence-corrected chi connectivity index (χ3v) is 4.09. The van der Waals surface area contributed by atoms with Crippen LogP contribution in [0.25, 0.3) is 0 Å². The molecule has 1 heterocycles. The highest BCUT2D eigenvalue weighted by atomic mass is 16.4. The van der Waals surface area contributed by atoms with E-state index in [9.17, 15) is 9.90 Å². The molecule has 1 aromatic rings. The first-order chi connectivity index (χ1) is 9.02. The van der Waals surface area contributed by atoms with Crippen LogP contribution in [0, 0.1) is 5.92 Å². The highest BCUT2D eigenvalue weighted by Gasteiger charge is 2.41. The van der Waals surface area contributed by atoms with Crippen LogP contribution in [0.4, 0.5) is 0 Å². The van der Waals surface area contributed by atoms with E-state index in [0.717, 1.165) is 25.9 Å². The Morgan fingerprint density at radius 1 is 1.32 bits per heavy atom. The Kier molecular flexibility index (Phi) is 4.22. The zero-order valence-corrected chi connectivity index (χ0v) is 11.2. The van der Waals surface area contributed by atoms with Gasteiger partial charge >= 0.3 is 5.97 Å². The van der Waals surface area contributed by atoms with Crippen LogP contribution in [0.1, 0.15) is 24.8 Å². The van der Waals surface area contributed by atoms with Gasteiger partial charge in [-0.3, -0.25) is 4.79 Å². The van der Waals surface area contributed by atoms with Crippen molar-refractivity contribution >= 4 is 5.97 Å². The molecular weight excluding hydrogens is 242 g/mol. The maximum absolute atomic E-state index is 11.1. The van der Waals surface area contributed by atoms with E-state index in [0.29, 0.717) is 5.56 Å². The van der Waals surface area contributed by atoms with Crippen LogP contribution in [0.2, 0.25) is 0 Å². The topological polar surface area (TPSA) is 60.8 Å². The van der Waals surface area contributed by atoms with Crippen molar-refractivity contribution in [3.63, 3.8) is 0 Å². The van der Waals surface area contributed by atoms with Crippen molar-refractivity contribution in [1.29, 1.82) is 0 Å². The number of benzene rings is 1. The number of carbonyl (C=O) groups is 1. The molecule has 1 fully saturated rings. The van der Waals surface area contributed by atoms with Gasteiger partial charge < -0.3 is 15.1 Å². The minimum absolute atomic E-state index is 0.00204. The molecule has 1 atom stereocenters. The van der Waals surface area contributed by atoms with Crippen molar-refractivity contribution in [2.75, 3.05) is 20.1 Å². The van der Waals surface area contributed by atoms with Gasteiger partial charge in [-0.1, -0.05) is 30.3 Å². The molecule has 0 unspecified atom stereocenters. The van der Waals surface area contributed by atoms with Crippen molar-refractivity contribution in [2.24, 2.45) is 5.92 Å². The SMILES string of the molecule is CN1CCC([C@](O)(CC(=O)O)c2ccccc2)CC1. The lowest BCUT2D eigenvalue weighted by molar-refractivity contribution is -0.147. The molecule has 0 amide bonds. The van der Waals surface area contributed by atoms with Gasteiger partial charge in [-0.15, -0.1) is 0 Å². The summed E-state index contributed by atoms with van der Waals surface area (Å²) in [6, 6.07) is 9.20. The first kappa shape index (κ1) is 14.0. The molecule has 104 valence electrons. The van der Waals surface area contributed by atoms with Gasteiger partial charge in [0.1, 0.15) is 5.60 Å². The lowest BCUT2D eigenvalue weighted by Crippen LogP contribution is -2.43. The second-order valence-corrected chi connectivity index (χ2v) is 5.44. The molecule has 0 radical (unpaired) electrons. The summed E-state index contributed by atoms with van der Waals surface area (Å²) < 4.78 is 0. The minimum Gasteiger partial charge on any atom is -0.481 e. The zero-order chi connectivity index (χ0) is 13.9. The van der Waals surface area contributed by atoms with E-state index in [1.54, 1.807) is 0 Å². The standard InChI is InChI=1S/C15H21NO3/c1-16-9-7-13(8-10-16)15(19,11-14(17)18)12-5-3-2-4-6-12/h2-6,13,19H,7-11H2,1H3,(H,17,18)/t15-/m0/s1. The van der Waals surface area contributed by atoms with Gasteiger partial charge in [-0.25, -0.2) is 0 Å². The van der Waals surface area contributed by atoms with Crippen molar-refractivity contribution in [3.8, 4) is 0 Å². The Bertz CT molecular complexity index is 426. The van der Waals surface area contributed by atoms with E-state index in [4.69, 9.17) is 5.11 Å². The highest BCUT2D eigenvalue weighted by Crippen LogP contribution is 2.39. The summed E-state index contributed by atoms with van der Waals surface area (Å²) >= 11 is 0. The fourth-order valence-electron chi connectivity index (χ4n) is 2.93. The van der Waals surface area contributed by atoms with E-state index in [2.05, 4.69) is 11.9 Å². The van der Waals surface area contributed by atoms with Crippen molar-refractivity contribution in [1.82, 2.24) is 4.90 Å². The fourth-order valence-corrected chi connectivity index (χ4v) is 2.93. The Morgan fingerprint density at radius 2 is 1.89 bits per heavy atom. The molecule has 0 aliphatic carbocycles. The van der Waals surface area contributed by atoms with Crippen molar-refractivity contribution in [3.05, 3.63) is 35.9 Å². The van der Waals surface area contributed by atoms with Crippen LogP contribution < -0.4 is 0 Å². The Balaban J connectivity index is 2.27. The summed E-state index contributed by atoms with van der Waals surface area (Å²) in [7, 11) is 2.05. The number of piperidine rings is 1. The van der Waals surface area contributed by atoms with Crippen LogP contribution in [-0.4, -0.2) is 41.2 Å². The maximum Gasteiger partial charge on any atom is 0.306 e. The third kappa shape index (κ3) is 3.14. The molecule has 0 bridgehead atoms. The predicted octanol–water partition coefficient (Wildman–Crippen LogP) is 1.69. The molecule has 0 aromatic heterocycles. The molecule has 1 saturated heterocycles. The highest BCUT2D eigenvalue weighted by molar-refractivity contribution is 5.68. The third-order valence-electron chi connectivity index (χ3n) is 4.09. The van der Waals surface area contributed by atoms with Crippen LogP contribution >= 0.6 is 0 Å². The normalized spacial score (nSPS) is 20.9. The van der Waals surface area contributed by atoms with Crippen LogP contribution in [0.3, 0.4) is 0 Å². The zero-order valence-electron chi connectivity index (χ0n) is 11.2. The van der Waals surface area contributed by atoms with Gasteiger partial charge in [0, 0.05) is 0 Å². The molecule has 2 rings (SSSR count). The maximum atomic E-state index is 11.1. The molecule has 1 aromatic carbocycles. The molecule has 4 nitrogen and oxygen atoms in total. The number of likely N-dealkylation sites (tertiary alicyclic amines) is 1. The van der Waals surface area contributed by atoms with Crippen LogP contribution in [0.15, 0.2) is 30.3 Å². The minimum atomic E-state index is -1.26. The average Bonchev–Trinajstić information content (AvgIpc) is 2.39. The summed E-state index contributed by atoms with van der Waals surface area (Å²) in [6.07, 6.45) is 1.43.